The van der Waals surface area contributed by atoms with Crippen molar-refractivity contribution in [2.75, 3.05) is 0 Å². The van der Waals surface area contributed by atoms with Crippen LogP contribution >= 0.6 is 11.6 Å². The van der Waals surface area contributed by atoms with E-state index in [1.165, 1.54) is 6.92 Å². The molecule has 1 aromatic carbocycles. The molecule has 0 saturated carbocycles. The molecule has 0 aromatic heterocycles. The van der Waals surface area contributed by atoms with Gasteiger partial charge in [-0.2, -0.15) is 0 Å². The van der Waals surface area contributed by atoms with Crippen LogP contribution in [-0.4, -0.2) is 29.8 Å². The van der Waals surface area contributed by atoms with Crippen LogP contribution in [0.1, 0.15) is 32.8 Å². The topological polar surface area (TPSA) is 101 Å². The van der Waals surface area contributed by atoms with E-state index in [2.05, 4.69) is 10.6 Å². The lowest BCUT2D eigenvalue weighted by molar-refractivity contribution is -0.131. The summed E-state index contributed by atoms with van der Waals surface area (Å²) in [6, 6.07) is 5.43. The highest BCUT2D eigenvalue weighted by Gasteiger charge is 2.26. The van der Waals surface area contributed by atoms with Gasteiger partial charge in [-0.05, 0) is 24.0 Å². The molecule has 6 nitrogen and oxygen atoms in total. The highest BCUT2D eigenvalue weighted by Crippen LogP contribution is 2.17. The number of benzene rings is 1. The Balaban J connectivity index is 2.85. The molecule has 0 aliphatic rings. The van der Waals surface area contributed by atoms with Gasteiger partial charge in [0, 0.05) is 18.4 Å². The summed E-state index contributed by atoms with van der Waals surface area (Å²) in [5.74, 6) is -1.20. The quantitative estimate of drug-likeness (QED) is 0.658. The average molecular weight is 354 g/mol. The van der Waals surface area contributed by atoms with Gasteiger partial charge in [0.05, 0.1) is 0 Å². The molecule has 24 heavy (non-hydrogen) atoms. The second kappa shape index (κ2) is 9.27. The van der Waals surface area contributed by atoms with Gasteiger partial charge in [-0.3, -0.25) is 14.4 Å². The molecule has 0 bridgehead atoms. The lowest BCUT2D eigenvalue weighted by Crippen LogP contribution is -2.53. The lowest BCUT2D eigenvalue weighted by atomic mass is 10.0. The van der Waals surface area contributed by atoms with Crippen LogP contribution < -0.4 is 16.4 Å². The maximum absolute atomic E-state index is 12.4. The molecule has 0 fully saturated rings. The summed E-state index contributed by atoms with van der Waals surface area (Å²) in [5.41, 5.74) is 6.11. The maximum Gasteiger partial charge on any atom is 0.243 e. The number of nitrogens with two attached hydrogens (primary N) is 1. The predicted molar refractivity (Wildman–Crippen MR) is 93.3 cm³/mol. The molecule has 0 spiro atoms. The third-order valence-electron chi connectivity index (χ3n) is 3.44. The number of nitrogens with one attached hydrogen (secondary N) is 2. The maximum atomic E-state index is 12.4. The number of hydrogen-bond donors (Lipinski definition) is 3. The molecule has 3 amide bonds. The Morgan fingerprint density at radius 3 is 2.25 bits per heavy atom. The minimum absolute atomic E-state index is 0.190. The first-order valence-electron chi connectivity index (χ1n) is 7.81. The van der Waals surface area contributed by atoms with E-state index >= 15 is 0 Å². The van der Waals surface area contributed by atoms with E-state index in [1.807, 2.05) is 13.8 Å². The van der Waals surface area contributed by atoms with Crippen molar-refractivity contribution in [3.8, 4) is 0 Å². The van der Waals surface area contributed by atoms with Crippen molar-refractivity contribution in [3.63, 3.8) is 0 Å². The van der Waals surface area contributed by atoms with E-state index in [0.29, 0.717) is 17.0 Å². The third kappa shape index (κ3) is 6.58. The Kier molecular flexibility index (Phi) is 7.71. The SMILES string of the molecule is CC(=O)N[C@@H](CC(C)C)C(=O)N[C@@H](Cc1ccccc1Cl)C(N)=O. The Labute approximate surface area is 147 Å². The van der Waals surface area contributed by atoms with Gasteiger partial charge in [0.2, 0.25) is 17.7 Å². The molecular formula is C17H24ClN3O3. The fourth-order valence-electron chi connectivity index (χ4n) is 2.33. The molecule has 0 heterocycles. The smallest absolute Gasteiger partial charge is 0.243 e. The molecule has 7 heteroatoms. The molecule has 0 unspecified atom stereocenters. The summed E-state index contributed by atoms with van der Waals surface area (Å²) >= 11 is 6.09. The summed E-state index contributed by atoms with van der Waals surface area (Å²) in [5, 5.41) is 5.72. The van der Waals surface area contributed by atoms with Crippen LogP contribution in [0.5, 0.6) is 0 Å². The highest BCUT2D eigenvalue weighted by molar-refractivity contribution is 6.31. The van der Waals surface area contributed by atoms with E-state index in [4.69, 9.17) is 17.3 Å². The number of primary amides is 1. The fraction of sp³-hybridized carbons (Fsp3) is 0.471. The Morgan fingerprint density at radius 1 is 1.12 bits per heavy atom. The molecular weight excluding hydrogens is 330 g/mol. The number of hydrogen-bond acceptors (Lipinski definition) is 3. The van der Waals surface area contributed by atoms with Gasteiger partial charge in [-0.1, -0.05) is 43.6 Å². The van der Waals surface area contributed by atoms with Crippen molar-refractivity contribution >= 4 is 29.3 Å². The molecule has 0 radical (unpaired) electrons. The van der Waals surface area contributed by atoms with Crippen LogP contribution in [0, 0.1) is 5.92 Å². The second-order valence-electron chi connectivity index (χ2n) is 6.14. The van der Waals surface area contributed by atoms with E-state index in [-0.39, 0.29) is 18.2 Å². The molecule has 1 rings (SSSR count). The lowest BCUT2D eigenvalue weighted by Gasteiger charge is -2.23. The number of halogens is 1. The molecule has 0 aliphatic carbocycles. The van der Waals surface area contributed by atoms with Crippen molar-refractivity contribution in [3.05, 3.63) is 34.9 Å². The molecule has 1 aromatic rings. The monoisotopic (exact) mass is 353 g/mol. The Bertz CT molecular complexity index is 604. The largest absolute Gasteiger partial charge is 0.368 e. The zero-order valence-electron chi connectivity index (χ0n) is 14.1. The van der Waals surface area contributed by atoms with Crippen LogP contribution in [0.2, 0.25) is 5.02 Å². The molecule has 0 aliphatic heterocycles. The Morgan fingerprint density at radius 2 is 1.75 bits per heavy atom. The third-order valence-corrected chi connectivity index (χ3v) is 3.81. The van der Waals surface area contributed by atoms with E-state index < -0.39 is 23.9 Å². The van der Waals surface area contributed by atoms with E-state index in [0.717, 1.165) is 0 Å². The number of carbonyl (C=O) groups is 3. The summed E-state index contributed by atoms with van der Waals surface area (Å²) in [6.07, 6.45) is 0.651. The Hall–Kier alpha value is -2.08. The van der Waals surface area contributed by atoms with Crippen LogP contribution in [0.3, 0.4) is 0 Å². The van der Waals surface area contributed by atoms with Gasteiger partial charge in [0.1, 0.15) is 12.1 Å². The molecule has 4 N–H and O–H groups in total. The van der Waals surface area contributed by atoms with Crippen molar-refractivity contribution in [1.82, 2.24) is 10.6 Å². The number of amides is 3. The average Bonchev–Trinajstić information content (AvgIpc) is 2.46. The molecule has 132 valence electrons. The fourth-order valence-corrected chi connectivity index (χ4v) is 2.54. The van der Waals surface area contributed by atoms with Crippen molar-refractivity contribution in [2.24, 2.45) is 11.7 Å². The normalized spacial score (nSPS) is 13.2. The summed E-state index contributed by atoms with van der Waals surface area (Å²) in [6.45, 7) is 5.23. The minimum atomic E-state index is -0.902. The van der Waals surface area contributed by atoms with Crippen LogP contribution in [0.4, 0.5) is 0 Å². The number of rotatable bonds is 8. The predicted octanol–water partition coefficient (Wildman–Crippen LogP) is 1.40. The van der Waals surface area contributed by atoms with Crippen molar-refractivity contribution in [2.45, 2.75) is 45.7 Å². The van der Waals surface area contributed by atoms with Crippen LogP contribution in [0.15, 0.2) is 24.3 Å². The summed E-state index contributed by atoms with van der Waals surface area (Å²) in [7, 11) is 0. The second-order valence-corrected chi connectivity index (χ2v) is 6.55. The summed E-state index contributed by atoms with van der Waals surface area (Å²) in [4.78, 5) is 35.4. The van der Waals surface area contributed by atoms with Gasteiger partial charge in [0.25, 0.3) is 0 Å². The minimum Gasteiger partial charge on any atom is -0.368 e. The van der Waals surface area contributed by atoms with Gasteiger partial charge >= 0.3 is 0 Å². The van der Waals surface area contributed by atoms with Gasteiger partial charge in [-0.25, -0.2) is 0 Å². The van der Waals surface area contributed by atoms with Gasteiger partial charge in [0.15, 0.2) is 0 Å². The first kappa shape index (κ1) is 20.0. The van der Waals surface area contributed by atoms with E-state index in [1.54, 1.807) is 24.3 Å². The van der Waals surface area contributed by atoms with Crippen molar-refractivity contribution in [1.29, 1.82) is 0 Å². The zero-order valence-corrected chi connectivity index (χ0v) is 14.9. The van der Waals surface area contributed by atoms with Crippen LogP contribution in [0.25, 0.3) is 0 Å². The van der Waals surface area contributed by atoms with E-state index in [9.17, 15) is 14.4 Å². The van der Waals surface area contributed by atoms with Crippen molar-refractivity contribution < 1.29 is 14.4 Å². The number of carbonyl (C=O) groups excluding carboxylic acids is 3. The van der Waals surface area contributed by atoms with Gasteiger partial charge < -0.3 is 16.4 Å². The summed E-state index contributed by atoms with van der Waals surface area (Å²) < 4.78 is 0. The first-order chi connectivity index (χ1) is 11.2. The molecule has 2 atom stereocenters. The highest BCUT2D eigenvalue weighted by atomic mass is 35.5. The molecule has 0 saturated heterocycles. The zero-order chi connectivity index (χ0) is 18.3. The standard InChI is InChI=1S/C17H24ClN3O3/c1-10(2)8-15(20-11(3)22)17(24)21-14(16(19)23)9-12-6-4-5-7-13(12)18/h4-7,10,14-15H,8-9H2,1-3H3,(H2,19,23)(H,20,22)(H,21,24)/t14-,15-/m0/s1. The van der Waals surface area contributed by atoms with Gasteiger partial charge in [-0.15, -0.1) is 0 Å². The first-order valence-corrected chi connectivity index (χ1v) is 8.18. The van der Waals surface area contributed by atoms with Crippen LogP contribution in [-0.2, 0) is 20.8 Å².